The fourth-order valence-electron chi connectivity index (χ4n) is 4.38. The quantitative estimate of drug-likeness (QED) is 0.687. The van der Waals surface area contributed by atoms with Crippen molar-refractivity contribution >= 4 is 34.8 Å². The number of hydrogen-bond acceptors (Lipinski definition) is 3. The van der Waals surface area contributed by atoms with E-state index >= 15 is 0 Å². The molecule has 0 radical (unpaired) electrons. The van der Waals surface area contributed by atoms with Gasteiger partial charge in [0.05, 0.1) is 16.1 Å². The molecule has 1 aliphatic heterocycles. The van der Waals surface area contributed by atoms with E-state index in [2.05, 4.69) is 15.5 Å². The Morgan fingerprint density at radius 2 is 1.60 bits per heavy atom. The Bertz CT molecular complexity index is 918. The van der Waals surface area contributed by atoms with E-state index in [0.29, 0.717) is 21.8 Å². The minimum absolute atomic E-state index is 0.0577. The molecule has 2 fully saturated rings. The van der Waals surface area contributed by atoms with E-state index in [9.17, 15) is 9.59 Å². The number of carbonyl (C=O) groups excluding carboxylic acids is 2. The zero-order valence-corrected chi connectivity index (χ0v) is 17.9. The fourth-order valence-corrected chi connectivity index (χ4v) is 4.60. The van der Waals surface area contributed by atoms with Crippen LogP contribution in [0.3, 0.4) is 0 Å². The van der Waals surface area contributed by atoms with Crippen LogP contribution in [-0.4, -0.2) is 30.9 Å². The molecule has 1 aliphatic carbocycles. The molecule has 6 heteroatoms. The summed E-state index contributed by atoms with van der Waals surface area (Å²) < 4.78 is 0. The van der Waals surface area contributed by atoms with Crippen molar-refractivity contribution in [1.29, 1.82) is 0 Å². The average Bonchev–Trinajstić information content (AvgIpc) is 3.29. The number of nitrogens with one attached hydrogen (secondary N) is 2. The summed E-state index contributed by atoms with van der Waals surface area (Å²) in [5.74, 6) is -0.342. The number of halogens is 1. The molecule has 0 bridgehead atoms. The van der Waals surface area contributed by atoms with Gasteiger partial charge in [-0.3, -0.25) is 9.59 Å². The number of nitrogens with zero attached hydrogens (tertiary/aromatic N) is 1. The Hall–Kier alpha value is -2.53. The van der Waals surface area contributed by atoms with Crippen LogP contribution < -0.4 is 15.5 Å². The van der Waals surface area contributed by atoms with Gasteiger partial charge in [0.15, 0.2) is 0 Å². The predicted molar refractivity (Wildman–Crippen MR) is 122 cm³/mol. The van der Waals surface area contributed by atoms with Gasteiger partial charge >= 0.3 is 0 Å². The number of anilines is 2. The molecule has 4 rings (SSSR count). The van der Waals surface area contributed by atoms with Crippen molar-refractivity contribution in [1.82, 2.24) is 5.32 Å². The highest BCUT2D eigenvalue weighted by Gasteiger charge is 2.23. The maximum atomic E-state index is 13.2. The summed E-state index contributed by atoms with van der Waals surface area (Å²) in [7, 11) is 0. The predicted octanol–water partition coefficient (Wildman–Crippen LogP) is 5.26. The molecule has 2 N–H and O–H groups in total. The lowest BCUT2D eigenvalue weighted by Crippen LogP contribution is -2.37. The minimum atomic E-state index is -0.284. The van der Waals surface area contributed by atoms with E-state index in [4.69, 9.17) is 11.6 Å². The molecule has 5 nitrogen and oxygen atoms in total. The largest absolute Gasteiger partial charge is 0.371 e. The lowest BCUT2D eigenvalue weighted by molar-refractivity contribution is 0.0927. The normalized spacial score (nSPS) is 17.0. The van der Waals surface area contributed by atoms with Crippen molar-refractivity contribution in [2.75, 3.05) is 23.3 Å². The highest BCUT2D eigenvalue weighted by molar-refractivity contribution is 6.34. The van der Waals surface area contributed by atoms with E-state index in [0.717, 1.165) is 57.3 Å². The summed E-state index contributed by atoms with van der Waals surface area (Å²) in [5.41, 5.74) is 2.57. The van der Waals surface area contributed by atoms with E-state index in [1.54, 1.807) is 30.3 Å². The van der Waals surface area contributed by atoms with E-state index in [1.807, 2.05) is 12.1 Å². The van der Waals surface area contributed by atoms with Crippen molar-refractivity contribution in [3.8, 4) is 0 Å². The van der Waals surface area contributed by atoms with Gasteiger partial charge < -0.3 is 15.5 Å². The number of carbonyl (C=O) groups is 2. The third kappa shape index (κ3) is 4.78. The lowest BCUT2D eigenvalue weighted by Gasteiger charge is -2.25. The van der Waals surface area contributed by atoms with Crippen LogP contribution in [-0.2, 0) is 0 Å². The molecule has 1 saturated heterocycles. The SMILES string of the molecule is O=C(Nc1ccc(N2CCCC2)c(C(=O)NC2CCCCC2)c1)c1ccccc1Cl. The van der Waals surface area contributed by atoms with Crippen LogP contribution in [0.2, 0.25) is 5.02 Å². The van der Waals surface area contributed by atoms with Crippen LogP contribution >= 0.6 is 11.6 Å². The van der Waals surface area contributed by atoms with Crippen LogP contribution in [0.4, 0.5) is 11.4 Å². The summed E-state index contributed by atoms with van der Waals surface area (Å²) >= 11 is 6.16. The molecule has 30 heavy (non-hydrogen) atoms. The third-order valence-corrected chi connectivity index (χ3v) is 6.33. The first-order valence-electron chi connectivity index (χ1n) is 10.9. The highest BCUT2D eigenvalue weighted by atomic mass is 35.5. The van der Waals surface area contributed by atoms with Gasteiger partial charge in [-0.1, -0.05) is 43.0 Å². The highest BCUT2D eigenvalue weighted by Crippen LogP contribution is 2.29. The first-order valence-corrected chi connectivity index (χ1v) is 11.3. The molecular formula is C24H28ClN3O2. The van der Waals surface area contributed by atoms with Crippen molar-refractivity contribution in [3.05, 3.63) is 58.6 Å². The molecule has 0 aromatic heterocycles. The topological polar surface area (TPSA) is 61.4 Å². The standard InChI is InChI=1S/C24H28ClN3O2/c25-21-11-5-4-10-19(21)23(29)27-18-12-13-22(28-14-6-7-15-28)20(16-18)24(30)26-17-8-2-1-3-9-17/h4-5,10-13,16-17H,1-3,6-9,14-15H2,(H,26,30)(H,27,29). The van der Waals surface area contributed by atoms with Crippen molar-refractivity contribution < 1.29 is 9.59 Å². The maximum absolute atomic E-state index is 13.2. The van der Waals surface area contributed by atoms with Crippen LogP contribution in [0.1, 0.15) is 65.7 Å². The van der Waals surface area contributed by atoms with Crippen molar-refractivity contribution in [3.63, 3.8) is 0 Å². The second-order valence-electron chi connectivity index (χ2n) is 8.17. The van der Waals surface area contributed by atoms with Gasteiger partial charge in [-0.05, 0) is 56.0 Å². The molecule has 2 aromatic rings. The molecule has 1 saturated carbocycles. The average molecular weight is 426 g/mol. The zero-order chi connectivity index (χ0) is 20.9. The van der Waals surface area contributed by atoms with Gasteiger partial charge in [0.2, 0.25) is 0 Å². The summed E-state index contributed by atoms with van der Waals surface area (Å²) in [6.45, 7) is 1.91. The Morgan fingerprint density at radius 1 is 0.867 bits per heavy atom. The molecule has 2 aromatic carbocycles. The minimum Gasteiger partial charge on any atom is -0.371 e. The number of hydrogen-bond donors (Lipinski definition) is 2. The molecule has 158 valence electrons. The van der Waals surface area contributed by atoms with E-state index in [1.165, 1.54) is 6.42 Å². The van der Waals surface area contributed by atoms with Gasteiger partial charge in [-0.25, -0.2) is 0 Å². The summed E-state index contributed by atoms with van der Waals surface area (Å²) in [6, 6.07) is 12.8. The maximum Gasteiger partial charge on any atom is 0.257 e. The molecule has 0 unspecified atom stereocenters. The Kier molecular flexibility index (Phi) is 6.58. The first kappa shape index (κ1) is 20.7. The van der Waals surface area contributed by atoms with Crippen LogP contribution in [0, 0.1) is 0 Å². The number of rotatable bonds is 5. The summed E-state index contributed by atoms with van der Waals surface area (Å²) in [6.07, 6.45) is 7.91. The zero-order valence-electron chi connectivity index (χ0n) is 17.1. The van der Waals surface area contributed by atoms with Crippen LogP contribution in [0.25, 0.3) is 0 Å². The Labute approximate surface area is 182 Å². The van der Waals surface area contributed by atoms with Crippen molar-refractivity contribution in [2.45, 2.75) is 51.0 Å². The molecule has 0 spiro atoms. The van der Waals surface area contributed by atoms with Gasteiger partial charge in [-0.15, -0.1) is 0 Å². The Balaban J connectivity index is 1.57. The van der Waals surface area contributed by atoms with Gasteiger partial charge in [0.25, 0.3) is 11.8 Å². The monoisotopic (exact) mass is 425 g/mol. The van der Waals surface area contributed by atoms with Gasteiger partial charge in [-0.2, -0.15) is 0 Å². The van der Waals surface area contributed by atoms with Crippen LogP contribution in [0.5, 0.6) is 0 Å². The second-order valence-corrected chi connectivity index (χ2v) is 8.58. The van der Waals surface area contributed by atoms with E-state index < -0.39 is 0 Å². The summed E-state index contributed by atoms with van der Waals surface area (Å²) in [4.78, 5) is 28.1. The lowest BCUT2D eigenvalue weighted by atomic mass is 9.95. The van der Waals surface area contributed by atoms with Gasteiger partial charge in [0.1, 0.15) is 0 Å². The first-order chi connectivity index (χ1) is 14.6. The third-order valence-electron chi connectivity index (χ3n) is 6.00. The number of amides is 2. The molecule has 2 amide bonds. The summed E-state index contributed by atoms with van der Waals surface area (Å²) in [5, 5.41) is 6.52. The van der Waals surface area contributed by atoms with Gasteiger partial charge in [0, 0.05) is 30.5 Å². The Morgan fingerprint density at radius 3 is 2.33 bits per heavy atom. The van der Waals surface area contributed by atoms with E-state index in [-0.39, 0.29) is 17.9 Å². The van der Waals surface area contributed by atoms with Crippen LogP contribution in [0.15, 0.2) is 42.5 Å². The second kappa shape index (κ2) is 9.52. The smallest absolute Gasteiger partial charge is 0.257 e. The van der Waals surface area contributed by atoms with Crippen molar-refractivity contribution in [2.24, 2.45) is 0 Å². The molecule has 2 aliphatic rings. The molecular weight excluding hydrogens is 398 g/mol. The molecule has 1 heterocycles. The number of benzene rings is 2. The molecule has 0 atom stereocenters. The fraction of sp³-hybridized carbons (Fsp3) is 0.417.